The van der Waals surface area contributed by atoms with Crippen LogP contribution in [-0.4, -0.2) is 22.2 Å². The second-order valence-corrected chi connectivity index (χ2v) is 8.46. The van der Waals surface area contributed by atoms with Gasteiger partial charge in [0.15, 0.2) is 0 Å². The lowest BCUT2D eigenvalue weighted by Crippen LogP contribution is -2.28. The van der Waals surface area contributed by atoms with Gasteiger partial charge in [0.05, 0.1) is 18.6 Å². The Kier molecular flexibility index (Phi) is 6.95. The molecule has 0 saturated carbocycles. The number of carbonyl (C=O) groups is 1. The topological polar surface area (TPSA) is 71.3 Å². The first-order valence-electron chi connectivity index (χ1n) is 10.1. The number of aromatic nitrogens is 1. The zero-order chi connectivity index (χ0) is 21.8. The van der Waals surface area contributed by atoms with E-state index in [1.165, 1.54) is 0 Å². The lowest BCUT2D eigenvalue weighted by atomic mass is 10.00. The number of fused-ring (bicyclic) bond motifs is 1. The molecule has 1 amide bonds. The van der Waals surface area contributed by atoms with Crippen LogP contribution >= 0.6 is 11.6 Å². The molecule has 0 saturated heterocycles. The van der Waals surface area contributed by atoms with Crippen LogP contribution in [-0.2, 0) is 4.79 Å². The number of benzene rings is 2. The highest BCUT2D eigenvalue weighted by atomic mass is 35.5. The molecule has 2 atom stereocenters. The summed E-state index contributed by atoms with van der Waals surface area (Å²) in [7, 11) is 0. The van der Waals surface area contributed by atoms with E-state index in [1.807, 2.05) is 25.1 Å². The van der Waals surface area contributed by atoms with Crippen LogP contribution in [0.1, 0.15) is 44.7 Å². The molecule has 3 aromatic rings. The maximum absolute atomic E-state index is 13.1. The zero-order valence-corrected chi connectivity index (χ0v) is 18.2. The Morgan fingerprint density at radius 1 is 1.07 bits per heavy atom. The van der Waals surface area contributed by atoms with Gasteiger partial charge in [-0.05, 0) is 55.2 Å². The van der Waals surface area contributed by atoms with Crippen molar-refractivity contribution in [3.63, 3.8) is 0 Å². The van der Waals surface area contributed by atoms with E-state index in [4.69, 9.17) is 11.6 Å². The summed E-state index contributed by atoms with van der Waals surface area (Å²) >= 11 is 5.93. The van der Waals surface area contributed by atoms with Gasteiger partial charge in [-0.25, -0.2) is 0 Å². The SMILES string of the molecule is CC(C)C[C@H](CO)n1ccc2c(NC(=O)[C@@H](C)c3ccc(Cl)cc3)cccc2c1=O. The van der Waals surface area contributed by atoms with E-state index in [1.54, 1.807) is 41.1 Å². The summed E-state index contributed by atoms with van der Waals surface area (Å²) in [5, 5.41) is 14.5. The van der Waals surface area contributed by atoms with Crippen LogP contribution in [0.25, 0.3) is 10.8 Å². The number of nitrogens with one attached hydrogen (secondary N) is 1. The summed E-state index contributed by atoms with van der Waals surface area (Å²) in [5.74, 6) is -0.186. The van der Waals surface area contributed by atoms with Crippen molar-refractivity contribution in [1.29, 1.82) is 0 Å². The van der Waals surface area contributed by atoms with Crippen molar-refractivity contribution in [3.05, 3.63) is 75.7 Å². The second kappa shape index (κ2) is 9.45. The number of hydrogen-bond donors (Lipinski definition) is 2. The summed E-state index contributed by atoms with van der Waals surface area (Å²) in [6.45, 7) is 5.85. The fraction of sp³-hybridized carbons (Fsp3) is 0.333. The number of amides is 1. The van der Waals surface area contributed by atoms with E-state index in [9.17, 15) is 14.7 Å². The Morgan fingerprint density at radius 3 is 2.40 bits per heavy atom. The molecule has 0 bridgehead atoms. The molecule has 0 aliphatic heterocycles. The molecular weight excluding hydrogens is 400 g/mol. The molecule has 2 N–H and O–H groups in total. The van der Waals surface area contributed by atoms with Gasteiger partial charge < -0.3 is 15.0 Å². The molecule has 0 aliphatic carbocycles. The van der Waals surface area contributed by atoms with Crippen LogP contribution in [0.5, 0.6) is 0 Å². The second-order valence-electron chi connectivity index (χ2n) is 8.02. The third-order valence-electron chi connectivity index (χ3n) is 5.34. The maximum Gasteiger partial charge on any atom is 0.258 e. The van der Waals surface area contributed by atoms with Crippen LogP contribution in [0, 0.1) is 5.92 Å². The minimum atomic E-state index is -0.372. The van der Waals surface area contributed by atoms with Gasteiger partial charge in [0.1, 0.15) is 0 Å². The lowest BCUT2D eigenvalue weighted by Gasteiger charge is -2.20. The lowest BCUT2D eigenvalue weighted by molar-refractivity contribution is -0.117. The first kappa shape index (κ1) is 22.1. The summed E-state index contributed by atoms with van der Waals surface area (Å²) < 4.78 is 1.59. The molecule has 5 nitrogen and oxygen atoms in total. The molecule has 30 heavy (non-hydrogen) atoms. The fourth-order valence-corrected chi connectivity index (χ4v) is 3.78. The molecule has 3 rings (SSSR count). The molecule has 1 heterocycles. The van der Waals surface area contributed by atoms with Gasteiger partial charge in [0.2, 0.25) is 5.91 Å². The minimum absolute atomic E-state index is 0.0986. The van der Waals surface area contributed by atoms with E-state index in [0.717, 1.165) is 5.56 Å². The Hall–Kier alpha value is -2.63. The average Bonchev–Trinajstić information content (AvgIpc) is 2.73. The summed E-state index contributed by atoms with van der Waals surface area (Å²) in [6, 6.07) is 14.0. The van der Waals surface area contributed by atoms with Gasteiger partial charge in [-0.1, -0.05) is 43.6 Å². The number of rotatable bonds is 7. The average molecular weight is 427 g/mol. The first-order chi connectivity index (χ1) is 14.3. The van der Waals surface area contributed by atoms with Gasteiger partial charge in [-0.3, -0.25) is 9.59 Å². The van der Waals surface area contributed by atoms with Crippen LogP contribution < -0.4 is 10.9 Å². The molecule has 0 spiro atoms. The van der Waals surface area contributed by atoms with Gasteiger partial charge >= 0.3 is 0 Å². The van der Waals surface area contributed by atoms with Crippen molar-refractivity contribution < 1.29 is 9.90 Å². The number of aliphatic hydroxyl groups is 1. The summed E-state index contributed by atoms with van der Waals surface area (Å²) in [6.07, 6.45) is 2.41. The molecule has 0 radical (unpaired) electrons. The Labute approximate surface area is 181 Å². The summed E-state index contributed by atoms with van der Waals surface area (Å²) in [4.78, 5) is 25.9. The Morgan fingerprint density at radius 2 is 1.77 bits per heavy atom. The molecule has 0 aliphatic rings. The number of anilines is 1. The van der Waals surface area contributed by atoms with Gasteiger partial charge in [-0.2, -0.15) is 0 Å². The molecule has 0 unspecified atom stereocenters. The quantitative estimate of drug-likeness (QED) is 0.559. The van der Waals surface area contributed by atoms with E-state index >= 15 is 0 Å². The minimum Gasteiger partial charge on any atom is -0.394 e. The van der Waals surface area contributed by atoms with Crippen molar-refractivity contribution in [2.24, 2.45) is 5.92 Å². The number of nitrogens with zero attached hydrogens (tertiary/aromatic N) is 1. The molecule has 1 aromatic heterocycles. The molecule has 2 aromatic carbocycles. The highest BCUT2D eigenvalue weighted by molar-refractivity contribution is 6.30. The van der Waals surface area contributed by atoms with Crippen molar-refractivity contribution in [3.8, 4) is 0 Å². The predicted molar refractivity (Wildman–Crippen MR) is 122 cm³/mol. The van der Waals surface area contributed by atoms with E-state index in [-0.39, 0.29) is 30.0 Å². The van der Waals surface area contributed by atoms with Crippen LogP contribution in [0.2, 0.25) is 5.02 Å². The third kappa shape index (κ3) is 4.74. The number of carbonyl (C=O) groups excluding carboxylic acids is 1. The Balaban J connectivity index is 1.92. The zero-order valence-electron chi connectivity index (χ0n) is 17.4. The fourth-order valence-electron chi connectivity index (χ4n) is 3.65. The largest absolute Gasteiger partial charge is 0.394 e. The predicted octanol–water partition coefficient (Wildman–Crippen LogP) is 4.98. The highest BCUT2D eigenvalue weighted by Crippen LogP contribution is 2.25. The maximum atomic E-state index is 13.1. The number of pyridine rings is 1. The van der Waals surface area contributed by atoms with Gasteiger partial charge in [0, 0.05) is 27.7 Å². The summed E-state index contributed by atoms with van der Waals surface area (Å²) in [5.41, 5.74) is 1.28. The van der Waals surface area contributed by atoms with Crippen molar-refractivity contribution >= 4 is 34.0 Å². The smallest absolute Gasteiger partial charge is 0.258 e. The van der Waals surface area contributed by atoms with Crippen LogP contribution in [0.4, 0.5) is 5.69 Å². The molecular formula is C24H27ClN2O3. The van der Waals surface area contributed by atoms with Crippen molar-refractivity contribution in [1.82, 2.24) is 4.57 Å². The van der Waals surface area contributed by atoms with Gasteiger partial charge in [-0.15, -0.1) is 0 Å². The number of aliphatic hydroxyl groups excluding tert-OH is 1. The highest BCUT2D eigenvalue weighted by Gasteiger charge is 2.18. The van der Waals surface area contributed by atoms with Crippen molar-refractivity contribution in [2.75, 3.05) is 11.9 Å². The third-order valence-corrected chi connectivity index (χ3v) is 5.59. The first-order valence-corrected chi connectivity index (χ1v) is 10.5. The van der Waals surface area contributed by atoms with Crippen LogP contribution in [0.15, 0.2) is 59.5 Å². The number of halogens is 1. The molecule has 158 valence electrons. The van der Waals surface area contributed by atoms with E-state index < -0.39 is 0 Å². The van der Waals surface area contributed by atoms with Gasteiger partial charge in [0.25, 0.3) is 5.56 Å². The standard InChI is InChI=1S/C24H27ClN2O3/c1-15(2)13-19(14-28)27-12-11-20-21(24(27)30)5-4-6-22(20)26-23(29)16(3)17-7-9-18(25)10-8-17/h4-12,15-16,19,28H,13-14H2,1-3H3,(H,26,29)/t16-,19+/m0/s1. The van der Waals surface area contributed by atoms with Crippen LogP contribution in [0.3, 0.4) is 0 Å². The normalized spacial score (nSPS) is 13.4. The van der Waals surface area contributed by atoms with Crippen molar-refractivity contribution in [2.45, 2.75) is 39.2 Å². The monoisotopic (exact) mass is 426 g/mol. The molecule has 0 fully saturated rings. The number of hydrogen-bond acceptors (Lipinski definition) is 3. The van der Waals surface area contributed by atoms with E-state index in [0.29, 0.717) is 33.8 Å². The van der Waals surface area contributed by atoms with E-state index in [2.05, 4.69) is 19.2 Å². The molecule has 6 heteroatoms. The Bertz CT molecular complexity index is 1090.